The first-order chi connectivity index (χ1) is 35.6. The van der Waals surface area contributed by atoms with Crippen LogP contribution in [0.2, 0.25) is 0 Å². The molecule has 14 aromatic rings. The number of thiophene rings is 2. The van der Waals surface area contributed by atoms with Gasteiger partial charge in [-0.1, -0.05) is 176 Å². The smallest absolute Gasteiger partial charge is 0.0540 e. The van der Waals surface area contributed by atoms with Gasteiger partial charge in [0.25, 0.3) is 0 Å². The lowest BCUT2D eigenvalue weighted by Crippen LogP contribution is -2.12. The maximum absolute atomic E-state index is 2.44. The Morgan fingerprint density at radius 1 is 0.222 bits per heavy atom. The molecule has 0 fully saturated rings. The van der Waals surface area contributed by atoms with Crippen LogP contribution < -0.4 is 9.80 Å². The Balaban J connectivity index is 0.919. The number of nitrogens with zero attached hydrogens (tertiary/aromatic N) is 2. The first-order valence-electron chi connectivity index (χ1n) is 24.5. The number of rotatable bonds is 9. The van der Waals surface area contributed by atoms with E-state index in [9.17, 15) is 0 Å². The van der Waals surface area contributed by atoms with E-state index in [-0.39, 0.29) is 0 Å². The fourth-order valence-corrected chi connectivity index (χ4v) is 13.0. The molecule has 0 radical (unpaired) electrons. The van der Waals surface area contributed by atoms with Gasteiger partial charge in [0.2, 0.25) is 0 Å². The van der Waals surface area contributed by atoms with E-state index in [2.05, 4.69) is 277 Å². The summed E-state index contributed by atoms with van der Waals surface area (Å²) < 4.78 is 5.14. The predicted octanol–water partition coefficient (Wildman–Crippen LogP) is 20.7. The molecule has 0 atom stereocenters. The molecule has 14 rings (SSSR count). The van der Waals surface area contributed by atoms with Gasteiger partial charge >= 0.3 is 0 Å². The van der Waals surface area contributed by atoms with E-state index in [1.165, 1.54) is 84.1 Å². The van der Waals surface area contributed by atoms with Crippen LogP contribution in [0, 0.1) is 0 Å². The molecule has 0 saturated heterocycles. The topological polar surface area (TPSA) is 6.48 Å². The van der Waals surface area contributed by atoms with Crippen molar-refractivity contribution in [2.45, 2.75) is 0 Å². The third-order valence-corrected chi connectivity index (χ3v) is 16.4. The largest absolute Gasteiger partial charge is 0.310 e. The minimum absolute atomic E-state index is 1.08. The minimum atomic E-state index is 1.08. The fourth-order valence-electron chi connectivity index (χ4n) is 10.7. The molecule has 72 heavy (non-hydrogen) atoms. The van der Waals surface area contributed by atoms with Gasteiger partial charge in [0.05, 0.1) is 5.69 Å². The van der Waals surface area contributed by atoms with Crippen LogP contribution in [0.4, 0.5) is 34.1 Å². The van der Waals surface area contributed by atoms with Crippen molar-refractivity contribution in [1.29, 1.82) is 0 Å². The number of anilines is 6. The Kier molecular flexibility index (Phi) is 10.3. The second-order valence-corrected chi connectivity index (χ2v) is 20.7. The Morgan fingerprint density at radius 2 is 0.708 bits per heavy atom. The number of benzene rings is 12. The molecular weight excluding hydrogens is 909 g/mol. The fraction of sp³-hybridized carbons (Fsp3) is 0. The lowest BCUT2D eigenvalue weighted by molar-refractivity contribution is 1.28. The molecule has 2 aromatic heterocycles. The highest BCUT2D eigenvalue weighted by atomic mass is 32.1. The quantitative estimate of drug-likeness (QED) is 0.142. The van der Waals surface area contributed by atoms with Gasteiger partial charge in [-0.2, -0.15) is 0 Å². The molecule has 0 N–H and O–H groups in total. The minimum Gasteiger partial charge on any atom is -0.310 e. The zero-order chi connectivity index (χ0) is 47.5. The van der Waals surface area contributed by atoms with E-state index in [0.29, 0.717) is 0 Å². The van der Waals surface area contributed by atoms with Gasteiger partial charge in [-0.15, -0.1) is 22.7 Å². The van der Waals surface area contributed by atoms with Crippen LogP contribution in [-0.2, 0) is 0 Å². The highest BCUT2D eigenvalue weighted by molar-refractivity contribution is 7.26. The zero-order valence-electron chi connectivity index (χ0n) is 39.1. The summed E-state index contributed by atoms with van der Waals surface area (Å²) in [7, 11) is 0. The van der Waals surface area contributed by atoms with Crippen LogP contribution in [0.1, 0.15) is 0 Å². The van der Waals surface area contributed by atoms with Gasteiger partial charge in [-0.05, 0) is 140 Å². The third kappa shape index (κ3) is 7.48. The first kappa shape index (κ1) is 42.1. The average Bonchev–Trinajstić information content (AvgIpc) is 4.00. The van der Waals surface area contributed by atoms with Crippen LogP contribution in [0.5, 0.6) is 0 Å². The summed E-state index contributed by atoms with van der Waals surface area (Å²) >= 11 is 3.73. The summed E-state index contributed by atoms with van der Waals surface area (Å²) in [6.07, 6.45) is 0. The molecule has 0 aliphatic heterocycles. The van der Waals surface area contributed by atoms with Gasteiger partial charge in [-0.3, -0.25) is 0 Å². The number of para-hydroxylation sites is 1. The summed E-state index contributed by atoms with van der Waals surface area (Å²) in [5, 5.41) is 10.1. The molecule has 4 heteroatoms. The molecule has 0 bridgehead atoms. The summed E-state index contributed by atoms with van der Waals surface area (Å²) in [4.78, 5) is 4.87. The van der Waals surface area contributed by atoms with Gasteiger partial charge in [0, 0.05) is 74.3 Å². The van der Waals surface area contributed by atoms with Crippen molar-refractivity contribution >= 4 is 119 Å². The SMILES string of the molecule is c1ccc(-c2ccc(N(c3ccc4c(c3)sc3cc5ccccc5cc34)c3ccccc3-c3cccc(N(c4ccc5cc(-c6ccccc6)ccc5c4)c4ccc5c(c4)sc4ccccc45)c3)cc2)cc1. The van der Waals surface area contributed by atoms with Crippen LogP contribution in [0.3, 0.4) is 0 Å². The molecule has 0 spiro atoms. The van der Waals surface area contributed by atoms with Crippen LogP contribution >= 0.6 is 22.7 Å². The second kappa shape index (κ2) is 17.6. The van der Waals surface area contributed by atoms with E-state index in [4.69, 9.17) is 0 Å². The Hall–Kier alpha value is -8.80. The highest BCUT2D eigenvalue weighted by Gasteiger charge is 2.21. The monoisotopic (exact) mass is 952 g/mol. The van der Waals surface area contributed by atoms with Gasteiger partial charge < -0.3 is 9.80 Å². The Morgan fingerprint density at radius 3 is 1.50 bits per heavy atom. The molecule has 0 saturated carbocycles. The van der Waals surface area contributed by atoms with Crippen molar-refractivity contribution in [2.24, 2.45) is 0 Å². The molecule has 0 unspecified atom stereocenters. The van der Waals surface area contributed by atoms with Gasteiger partial charge in [-0.25, -0.2) is 0 Å². The van der Waals surface area contributed by atoms with Crippen molar-refractivity contribution in [3.8, 4) is 33.4 Å². The van der Waals surface area contributed by atoms with Crippen LogP contribution in [0.25, 0.3) is 95.3 Å². The lowest BCUT2D eigenvalue weighted by Gasteiger charge is -2.29. The zero-order valence-corrected chi connectivity index (χ0v) is 40.7. The molecule has 338 valence electrons. The van der Waals surface area contributed by atoms with Crippen molar-refractivity contribution < 1.29 is 0 Å². The van der Waals surface area contributed by atoms with Crippen molar-refractivity contribution in [1.82, 2.24) is 0 Å². The number of hydrogen-bond donors (Lipinski definition) is 0. The summed E-state index contributed by atoms with van der Waals surface area (Å²) in [5.74, 6) is 0. The normalized spacial score (nSPS) is 11.6. The van der Waals surface area contributed by atoms with Gasteiger partial charge in [0.1, 0.15) is 0 Å². The number of fused-ring (bicyclic) bond motifs is 8. The molecule has 0 amide bonds. The highest BCUT2D eigenvalue weighted by Crippen LogP contribution is 2.47. The molecule has 2 heterocycles. The average molecular weight is 953 g/mol. The van der Waals surface area contributed by atoms with Crippen molar-refractivity contribution in [3.63, 3.8) is 0 Å². The van der Waals surface area contributed by atoms with E-state index in [1.807, 2.05) is 22.7 Å². The molecule has 0 aliphatic carbocycles. The Bertz CT molecular complexity index is 4340. The third-order valence-electron chi connectivity index (χ3n) is 14.2. The van der Waals surface area contributed by atoms with E-state index < -0.39 is 0 Å². The maximum Gasteiger partial charge on any atom is 0.0540 e. The maximum atomic E-state index is 2.44. The van der Waals surface area contributed by atoms with E-state index in [0.717, 1.165) is 45.3 Å². The summed E-state index contributed by atoms with van der Waals surface area (Å²) in [6.45, 7) is 0. The van der Waals surface area contributed by atoms with Crippen LogP contribution in [0.15, 0.2) is 267 Å². The molecular formula is C68H44N2S2. The lowest BCUT2D eigenvalue weighted by atomic mass is 9.99. The van der Waals surface area contributed by atoms with E-state index >= 15 is 0 Å². The molecule has 0 aliphatic rings. The van der Waals surface area contributed by atoms with E-state index in [1.54, 1.807) is 0 Å². The predicted molar refractivity (Wildman–Crippen MR) is 313 cm³/mol. The number of hydrogen-bond acceptors (Lipinski definition) is 4. The Labute approximate surface area is 426 Å². The standard InChI is InChI=1S/C68H44N2S2/c1-3-14-45(15-4-1)47-28-31-54(32-29-47)70(58-35-37-62-63-41-48-18-7-8-19-49(48)42-66(63)72-68(62)44-58)64-24-11-9-22-59(64)53-20-13-21-55(40-53)69(57-34-36-61-60-23-10-12-25-65(60)71-67(61)43-57)56-33-30-51-38-50(26-27-52(51)39-56)46-16-5-2-6-17-46/h1-44H. The molecule has 2 nitrogen and oxygen atoms in total. The first-order valence-corrected chi connectivity index (χ1v) is 26.1. The second-order valence-electron chi connectivity index (χ2n) is 18.5. The van der Waals surface area contributed by atoms with Crippen LogP contribution in [-0.4, -0.2) is 0 Å². The van der Waals surface area contributed by atoms with Crippen molar-refractivity contribution in [2.75, 3.05) is 9.80 Å². The molecule has 12 aromatic carbocycles. The van der Waals surface area contributed by atoms with Crippen molar-refractivity contribution in [3.05, 3.63) is 267 Å². The summed E-state index contributed by atoms with van der Waals surface area (Å²) in [6, 6.07) is 98.1. The summed E-state index contributed by atoms with van der Waals surface area (Å²) in [5.41, 5.74) is 13.7. The van der Waals surface area contributed by atoms with Gasteiger partial charge in [0.15, 0.2) is 0 Å².